The van der Waals surface area contributed by atoms with Crippen molar-refractivity contribution in [1.82, 2.24) is 4.72 Å². The molecule has 1 aromatic rings. The average Bonchev–Trinajstić information content (AvgIpc) is 2.32. The van der Waals surface area contributed by atoms with Crippen LogP contribution < -0.4 is 4.72 Å². The van der Waals surface area contributed by atoms with Crippen molar-refractivity contribution in [2.45, 2.75) is 35.9 Å². The summed E-state index contributed by atoms with van der Waals surface area (Å²) in [5.74, 6) is 0. The van der Waals surface area contributed by atoms with E-state index in [0.29, 0.717) is 25.0 Å². The third kappa shape index (κ3) is 3.33. The highest BCUT2D eigenvalue weighted by atomic mass is 35.5. The summed E-state index contributed by atoms with van der Waals surface area (Å²) in [5.41, 5.74) is -2.10. The van der Waals surface area contributed by atoms with Crippen molar-refractivity contribution in [3.63, 3.8) is 0 Å². The maximum absolute atomic E-state index is 12.7. The molecule has 9 heteroatoms. The van der Waals surface area contributed by atoms with Crippen LogP contribution in [0.2, 0.25) is 5.02 Å². The van der Waals surface area contributed by atoms with E-state index < -0.39 is 38.8 Å². The SMILES string of the molecule is O=S(=O)(NC1(CO)CCC1)c1cc(C(F)(F)F)ccc1Cl. The van der Waals surface area contributed by atoms with E-state index in [0.717, 1.165) is 12.5 Å². The molecular weight excluding hydrogens is 331 g/mol. The summed E-state index contributed by atoms with van der Waals surface area (Å²) in [6, 6.07) is 2.10. The first kappa shape index (κ1) is 16.5. The molecule has 4 nitrogen and oxygen atoms in total. The number of benzene rings is 1. The van der Waals surface area contributed by atoms with Crippen LogP contribution in [0.3, 0.4) is 0 Å². The molecule has 2 rings (SSSR count). The van der Waals surface area contributed by atoms with Gasteiger partial charge in [0.05, 0.1) is 22.7 Å². The molecule has 21 heavy (non-hydrogen) atoms. The third-order valence-corrected chi connectivity index (χ3v) is 5.57. The Kier molecular flexibility index (Phi) is 4.27. The van der Waals surface area contributed by atoms with Gasteiger partial charge in [0.2, 0.25) is 10.0 Å². The van der Waals surface area contributed by atoms with Crippen LogP contribution in [-0.4, -0.2) is 25.7 Å². The number of nitrogens with one attached hydrogen (secondary N) is 1. The molecule has 0 aromatic heterocycles. The smallest absolute Gasteiger partial charge is 0.394 e. The van der Waals surface area contributed by atoms with Gasteiger partial charge < -0.3 is 5.11 Å². The highest BCUT2D eigenvalue weighted by Crippen LogP contribution is 2.36. The van der Waals surface area contributed by atoms with Gasteiger partial charge in [-0.25, -0.2) is 13.1 Å². The minimum Gasteiger partial charge on any atom is -0.394 e. The van der Waals surface area contributed by atoms with Crippen LogP contribution in [0, 0.1) is 0 Å². The normalized spacial score (nSPS) is 18.3. The number of halogens is 4. The summed E-state index contributed by atoms with van der Waals surface area (Å²) in [7, 11) is -4.25. The molecule has 1 fully saturated rings. The lowest BCUT2D eigenvalue weighted by molar-refractivity contribution is -0.137. The predicted octanol–water partition coefficient (Wildman–Crippen LogP) is 2.55. The molecule has 0 atom stereocenters. The summed E-state index contributed by atoms with van der Waals surface area (Å²) < 4.78 is 64.7. The van der Waals surface area contributed by atoms with Crippen LogP contribution in [0.1, 0.15) is 24.8 Å². The molecule has 2 N–H and O–H groups in total. The van der Waals surface area contributed by atoms with Crippen molar-refractivity contribution in [1.29, 1.82) is 0 Å². The second kappa shape index (κ2) is 5.42. The second-order valence-corrected chi connectivity index (χ2v) is 7.10. The van der Waals surface area contributed by atoms with Gasteiger partial charge in [-0.3, -0.25) is 0 Å². The molecule has 0 amide bonds. The topological polar surface area (TPSA) is 66.4 Å². The van der Waals surface area contributed by atoms with E-state index in [9.17, 15) is 26.7 Å². The summed E-state index contributed by atoms with van der Waals surface area (Å²) in [5, 5.41) is 8.96. The van der Waals surface area contributed by atoms with Gasteiger partial charge in [0.1, 0.15) is 4.90 Å². The van der Waals surface area contributed by atoms with Crippen LogP contribution in [-0.2, 0) is 16.2 Å². The quantitative estimate of drug-likeness (QED) is 0.883. The largest absolute Gasteiger partial charge is 0.416 e. The molecule has 0 heterocycles. The lowest BCUT2D eigenvalue weighted by Crippen LogP contribution is -2.56. The Balaban J connectivity index is 2.40. The zero-order valence-corrected chi connectivity index (χ0v) is 12.3. The maximum atomic E-state index is 12.7. The van der Waals surface area contributed by atoms with Gasteiger partial charge in [-0.1, -0.05) is 11.6 Å². The molecule has 1 saturated carbocycles. The van der Waals surface area contributed by atoms with Crippen LogP contribution in [0.4, 0.5) is 13.2 Å². The van der Waals surface area contributed by atoms with E-state index in [2.05, 4.69) is 4.72 Å². The highest BCUT2D eigenvalue weighted by molar-refractivity contribution is 7.89. The average molecular weight is 344 g/mol. The van der Waals surface area contributed by atoms with Gasteiger partial charge in [0.15, 0.2) is 0 Å². The van der Waals surface area contributed by atoms with Crippen molar-refractivity contribution < 1.29 is 26.7 Å². The van der Waals surface area contributed by atoms with Crippen molar-refractivity contribution in [3.05, 3.63) is 28.8 Å². The number of rotatable bonds is 4. The Morgan fingerprint density at radius 1 is 1.33 bits per heavy atom. The Bertz CT molecular complexity index is 636. The highest BCUT2D eigenvalue weighted by Gasteiger charge is 2.41. The molecule has 0 radical (unpaired) electrons. The lowest BCUT2D eigenvalue weighted by atomic mass is 9.78. The number of sulfonamides is 1. The monoisotopic (exact) mass is 343 g/mol. The van der Waals surface area contributed by atoms with Gasteiger partial charge in [-0.2, -0.15) is 13.2 Å². The molecule has 0 saturated heterocycles. The van der Waals surface area contributed by atoms with Gasteiger partial charge in [-0.05, 0) is 37.5 Å². The fraction of sp³-hybridized carbons (Fsp3) is 0.500. The van der Waals surface area contributed by atoms with Gasteiger partial charge >= 0.3 is 6.18 Å². The van der Waals surface area contributed by atoms with E-state index in [1.165, 1.54) is 0 Å². The van der Waals surface area contributed by atoms with E-state index in [-0.39, 0.29) is 5.02 Å². The molecule has 0 unspecified atom stereocenters. The molecule has 1 aromatic carbocycles. The standard InChI is InChI=1S/C12H13ClF3NO3S/c13-9-3-2-8(12(14,15)16)6-10(9)21(19,20)17-11(7-18)4-1-5-11/h2-3,6,17-18H,1,4-5,7H2. The number of alkyl halides is 3. The fourth-order valence-electron chi connectivity index (χ4n) is 2.12. The van der Waals surface area contributed by atoms with E-state index in [4.69, 9.17) is 11.6 Å². The first-order valence-corrected chi connectivity index (χ1v) is 7.97. The minimum atomic E-state index is -4.67. The lowest BCUT2D eigenvalue weighted by Gasteiger charge is -2.40. The Hall–Kier alpha value is -0.830. The fourth-order valence-corrected chi connectivity index (χ4v) is 4.10. The first-order valence-electron chi connectivity index (χ1n) is 6.11. The summed E-state index contributed by atoms with van der Waals surface area (Å²) in [6.07, 6.45) is -3.07. The van der Waals surface area contributed by atoms with Crippen LogP contribution >= 0.6 is 11.6 Å². The van der Waals surface area contributed by atoms with Crippen LogP contribution in [0.25, 0.3) is 0 Å². The van der Waals surface area contributed by atoms with Gasteiger partial charge in [0.25, 0.3) is 0 Å². The van der Waals surface area contributed by atoms with Crippen LogP contribution in [0.15, 0.2) is 23.1 Å². The van der Waals surface area contributed by atoms with E-state index in [1.54, 1.807) is 0 Å². The van der Waals surface area contributed by atoms with Crippen LogP contribution in [0.5, 0.6) is 0 Å². The van der Waals surface area contributed by atoms with Crippen molar-refractivity contribution >= 4 is 21.6 Å². The number of hydrogen-bond acceptors (Lipinski definition) is 3. The Labute approximate surface area is 125 Å². The van der Waals surface area contributed by atoms with Gasteiger partial charge in [-0.15, -0.1) is 0 Å². The summed E-state index contributed by atoms with van der Waals surface area (Å²) >= 11 is 5.72. The van der Waals surface area contributed by atoms with E-state index >= 15 is 0 Å². The van der Waals surface area contributed by atoms with Crippen molar-refractivity contribution in [3.8, 4) is 0 Å². The van der Waals surface area contributed by atoms with Crippen molar-refractivity contribution in [2.24, 2.45) is 0 Å². The first-order chi connectivity index (χ1) is 9.60. The molecule has 118 valence electrons. The third-order valence-electron chi connectivity index (χ3n) is 3.51. The minimum absolute atomic E-state index is 0.303. The molecule has 1 aliphatic carbocycles. The molecular formula is C12H13ClF3NO3S. The maximum Gasteiger partial charge on any atom is 0.416 e. The number of aliphatic hydroxyl groups excluding tert-OH is 1. The number of hydrogen-bond donors (Lipinski definition) is 2. The Morgan fingerprint density at radius 3 is 2.38 bits per heavy atom. The molecule has 1 aliphatic rings. The zero-order chi connectivity index (χ0) is 15.9. The number of aliphatic hydroxyl groups is 1. The Morgan fingerprint density at radius 2 is 1.95 bits per heavy atom. The van der Waals surface area contributed by atoms with Gasteiger partial charge in [0, 0.05) is 0 Å². The summed E-state index contributed by atoms with van der Waals surface area (Å²) in [4.78, 5) is -0.640. The van der Waals surface area contributed by atoms with E-state index in [1.807, 2.05) is 0 Å². The van der Waals surface area contributed by atoms with Crippen molar-refractivity contribution in [2.75, 3.05) is 6.61 Å². The second-order valence-electron chi connectivity index (χ2n) is 5.04. The molecule has 0 bridgehead atoms. The summed E-state index contributed by atoms with van der Waals surface area (Å²) in [6.45, 7) is -0.414. The zero-order valence-electron chi connectivity index (χ0n) is 10.7. The molecule has 0 spiro atoms. The molecule has 0 aliphatic heterocycles. The predicted molar refractivity (Wildman–Crippen MR) is 70.4 cm³/mol.